The number of carbonyl (C=O) groups excluding carboxylic acids is 2. The van der Waals surface area contributed by atoms with Crippen molar-refractivity contribution >= 4 is 80.5 Å². The van der Waals surface area contributed by atoms with E-state index in [0.29, 0.717) is 11.1 Å². The topological polar surface area (TPSA) is 52.6 Å². The molecule has 0 unspecified atom stereocenters. The van der Waals surface area contributed by atoms with Crippen LogP contribution < -0.4 is 31.8 Å². The summed E-state index contributed by atoms with van der Waals surface area (Å²) >= 11 is 0. The van der Waals surface area contributed by atoms with Crippen molar-refractivity contribution in [2.24, 2.45) is 0 Å². The van der Waals surface area contributed by atoms with Crippen LogP contribution in [0.1, 0.15) is 43.0 Å². The minimum atomic E-state index is -2.50. The van der Waals surface area contributed by atoms with Gasteiger partial charge in [0.05, 0.1) is 32.0 Å². The number of ether oxygens (including phenoxy) is 2. The molecule has 0 N–H and O–H groups in total. The van der Waals surface area contributed by atoms with Crippen LogP contribution in [0, 0.1) is 23.7 Å². The standard InChI is InChI=1S/C65H47O4P2/c1-68-64(66)48-38-32-46(33-39-48)36-42-50-44-60(70(52-20-8-4-9-21-52)53-22-10-5-11-23-53)62(58-30-18-16-28-56(50)58)63-59-31-19-17-29-57(59)51(43-37-47-34-40-49(41-35-47)65(67)69-2)45-61(63)71(3,54-24-12-6-13-25-54)55-26-14-7-15-27-55/h4-35,38-41,44-45H,1-3H3/q+1. The smallest absolute Gasteiger partial charge is 0.337 e. The molecule has 4 nitrogen and oxygen atoms in total. The minimum Gasteiger partial charge on any atom is -0.465 e. The second-order valence-electron chi connectivity index (χ2n) is 17.0. The first kappa shape index (κ1) is 46.4. The first-order valence-corrected chi connectivity index (χ1v) is 26.8. The fraction of sp³-hybridized carbons (Fsp3) is 0.0462. The zero-order valence-corrected chi connectivity index (χ0v) is 41.3. The molecule has 0 atom stereocenters. The Balaban J connectivity index is 1.35. The molecule has 0 radical (unpaired) electrons. The average Bonchev–Trinajstić information content (AvgIpc) is 3.44. The van der Waals surface area contributed by atoms with Crippen LogP contribution in [0.2, 0.25) is 0 Å². The quantitative estimate of drug-likeness (QED) is 0.0822. The summed E-state index contributed by atoms with van der Waals surface area (Å²) in [5.74, 6) is 13.5. The van der Waals surface area contributed by atoms with Crippen LogP contribution in [0.3, 0.4) is 0 Å². The summed E-state index contributed by atoms with van der Waals surface area (Å²) in [5.41, 5.74) is 6.67. The number of benzene rings is 10. The fourth-order valence-corrected chi connectivity index (χ4v) is 15.3. The van der Waals surface area contributed by atoms with Crippen LogP contribution >= 0.6 is 15.2 Å². The first-order chi connectivity index (χ1) is 34.8. The zero-order valence-electron chi connectivity index (χ0n) is 39.5. The highest BCUT2D eigenvalue weighted by Crippen LogP contribution is 2.56. The second kappa shape index (κ2) is 20.7. The lowest BCUT2D eigenvalue weighted by atomic mass is 9.90. The Bertz CT molecular complexity index is 3620. The van der Waals surface area contributed by atoms with E-state index in [0.717, 1.165) is 49.4 Å². The molecule has 0 saturated carbocycles. The lowest BCUT2D eigenvalue weighted by Crippen LogP contribution is -2.33. The largest absolute Gasteiger partial charge is 0.465 e. The summed E-state index contributed by atoms with van der Waals surface area (Å²) in [6.45, 7) is 2.46. The molecule has 10 aromatic rings. The molecule has 6 heteroatoms. The Morgan fingerprint density at radius 1 is 0.408 bits per heavy atom. The molecular weight excluding hydrogens is 907 g/mol. The molecule has 0 saturated heterocycles. The van der Waals surface area contributed by atoms with E-state index in [9.17, 15) is 9.59 Å². The van der Waals surface area contributed by atoms with Gasteiger partial charge in [-0.2, -0.15) is 0 Å². The fourth-order valence-electron chi connectivity index (χ4n) is 9.34. The van der Waals surface area contributed by atoms with Crippen LogP contribution in [0.25, 0.3) is 32.7 Å². The van der Waals surface area contributed by atoms with E-state index >= 15 is 0 Å². The molecule has 10 aromatic carbocycles. The van der Waals surface area contributed by atoms with Gasteiger partial charge in [0, 0.05) is 33.4 Å². The maximum atomic E-state index is 12.3. The van der Waals surface area contributed by atoms with E-state index in [-0.39, 0.29) is 11.9 Å². The monoisotopic (exact) mass is 953 g/mol. The van der Waals surface area contributed by atoms with Crippen molar-refractivity contribution in [2.75, 3.05) is 20.9 Å². The number of carbonyl (C=O) groups is 2. The van der Waals surface area contributed by atoms with E-state index in [1.54, 1.807) is 24.3 Å². The van der Waals surface area contributed by atoms with Crippen LogP contribution in [0.5, 0.6) is 0 Å². The number of fused-ring (bicyclic) bond motifs is 2. The Labute approximate surface area is 417 Å². The predicted molar refractivity (Wildman–Crippen MR) is 298 cm³/mol. The highest BCUT2D eigenvalue weighted by molar-refractivity contribution is 7.95. The molecule has 10 rings (SSSR count). The van der Waals surface area contributed by atoms with E-state index < -0.39 is 15.2 Å². The van der Waals surface area contributed by atoms with Gasteiger partial charge < -0.3 is 9.47 Å². The van der Waals surface area contributed by atoms with Crippen LogP contribution in [-0.2, 0) is 9.47 Å². The third kappa shape index (κ3) is 9.29. The molecular formula is C65H47O4P2+. The average molecular weight is 954 g/mol. The Kier molecular flexibility index (Phi) is 13.5. The molecule has 0 bridgehead atoms. The third-order valence-corrected chi connectivity index (χ3v) is 19.3. The van der Waals surface area contributed by atoms with Crippen molar-refractivity contribution in [1.82, 2.24) is 0 Å². The molecule has 0 aromatic heterocycles. The Morgan fingerprint density at radius 2 is 0.775 bits per heavy atom. The van der Waals surface area contributed by atoms with Crippen molar-refractivity contribution in [3.63, 3.8) is 0 Å². The normalized spacial score (nSPS) is 11.0. The Morgan fingerprint density at radius 3 is 1.20 bits per heavy atom. The first-order valence-electron chi connectivity index (χ1n) is 23.3. The molecule has 0 aliphatic carbocycles. The van der Waals surface area contributed by atoms with Crippen molar-refractivity contribution < 1.29 is 19.1 Å². The lowest BCUT2D eigenvalue weighted by molar-refractivity contribution is 0.0592. The minimum absolute atomic E-state index is 0.386. The van der Waals surface area contributed by atoms with Gasteiger partial charge in [-0.05, 0) is 130 Å². The molecule has 71 heavy (non-hydrogen) atoms. The van der Waals surface area contributed by atoms with Gasteiger partial charge in [-0.15, -0.1) is 0 Å². The van der Waals surface area contributed by atoms with Crippen molar-refractivity contribution in [3.05, 3.63) is 264 Å². The van der Waals surface area contributed by atoms with Gasteiger partial charge in [-0.3, -0.25) is 0 Å². The van der Waals surface area contributed by atoms with Crippen LogP contribution in [-0.4, -0.2) is 32.8 Å². The molecule has 340 valence electrons. The van der Waals surface area contributed by atoms with Crippen LogP contribution in [0.15, 0.2) is 231 Å². The van der Waals surface area contributed by atoms with Gasteiger partial charge in [0.15, 0.2) is 0 Å². The maximum Gasteiger partial charge on any atom is 0.337 e. The van der Waals surface area contributed by atoms with E-state index in [2.05, 4.69) is 212 Å². The summed E-state index contributed by atoms with van der Waals surface area (Å²) in [4.78, 5) is 24.7. The molecule has 0 aliphatic rings. The Hall–Kier alpha value is -8.36. The van der Waals surface area contributed by atoms with Gasteiger partial charge in [-0.1, -0.05) is 169 Å². The summed E-state index contributed by atoms with van der Waals surface area (Å²) in [7, 11) is -0.917. The molecule has 0 aliphatic heterocycles. The summed E-state index contributed by atoms with van der Waals surface area (Å²) in [6.07, 6.45) is 0. The van der Waals surface area contributed by atoms with E-state index in [4.69, 9.17) is 9.47 Å². The van der Waals surface area contributed by atoms with E-state index in [1.165, 1.54) is 51.6 Å². The zero-order chi connectivity index (χ0) is 48.7. The van der Waals surface area contributed by atoms with Gasteiger partial charge >= 0.3 is 11.9 Å². The lowest BCUT2D eigenvalue weighted by Gasteiger charge is -2.30. The van der Waals surface area contributed by atoms with Crippen molar-refractivity contribution in [3.8, 4) is 34.8 Å². The summed E-state index contributed by atoms with van der Waals surface area (Å²) < 4.78 is 9.95. The number of hydrogen-bond acceptors (Lipinski definition) is 4. The number of esters is 2. The highest BCUT2D eigenvalue weighted by Gasteiger charge is 2.44. The van der Waals surface area contributed by atoms with Crippen molar-refractivity contribution in [1.29, 1.82) is 0 Å². The molecule has 0 fully saturated rings. The van der Waals surface area contributed by atoms with Gasteiger partial charge in [0.2, 0.25) is 0 Å². The third-order valence-electron chi connectivity index (χ3n) is 12.9. The number of rotatable bonds is 9. The SMILES string of the molecule is COC(=O)c1ccc(C#Cc2cc(P(c3ccccc3)c3ccccc3)c(-c3c([P+](C)(c4ccccc4)c4ccccc4)cc(C#Cc4ccc(C(=O)OC)cc4)c4ccccc34)c3ccccc23)cc1. The highest BCUT2D eigenvalue weighted by atomic mass is 31.2. The van der Waals surface area contributed by atoms with Gasteiger partial charge in [0.25, 0.3) is 0 Å². The number of methoxy groups -OCH3 is 2. The van der Waals surface area contributed by atoms with Gasteiger partial charge in [0.1, 0.15) is 23.2 Å². The summed E-state index contributed by atoms with van der Waals surface area (Å²) in [5, 5.41) is 11.6. The van der Waals surface area contributed by atoms with Crippen LogP contribution in [0.4, 0.5) is 0 Å². The maximum absolute atomic E-state index is 12.3. The molecule has 0 amide bonds. The second-order valence-corrected chi connectivity index (χ2v) is 22.8. The molecule has 0 heterocycles. The predicted octanol–water partition coefficient (Wildman–Crippen LogP) is 11.7. The molecule has 0 spiro atoms. The van der Waals surface area contributed by atoms with Gasteiger partial charge in [-0.25, -0.2) is 9.59 Å². The van der Waals surface area contributed by atoms with Crippen molar-refractivity contribution in [2.45, 2.75) is 0 Å². The summed E-state index contributed by atoms with van der Waals surface area (Å²) in [6, 6.07) is 80.3. The van der Waals surface area contributed by atoms with E-state index in [1.807, 2.05) is 24.3 Å². The number of hydrogen-bond donors (Lipinski definition) is 0.